The van der Waals surface area contributed by atoms with Crippen LogP contribution in [-0.2, 0) is 4.79 Å². The summed E-state index contributed by atoms with van der Waals surface area (Å²) < 4.78 is 0. The van der Waals surface area contributed by atoms with E-state index in [9.17, 15) is 20.1 Å². The van der Waals surface area contributed by atoms with Crippen molar-refractivity contribution in [3.8, 4) is 0 Å². The second-order valence-corrected chi connectivity index (χ2v) is 5.47. The summed E-state index contributed by atoms with van der Waals surface area (Å²) in [7, 11) is 1.55. The molecular weight excluding hydrogens is 260 g/mol. The Morgan fingerprint density at radius 1 is 1.15 bits per heavy atom. The first kappa shape index (κ1) is 17.4. The Labute approximate surface area is 120 Å². The van der Waals surface area contributed by atoms with Crippen molar-refractivity contribution in [1.82, 2.24) is 10.2 Å². The molecule has 1 rings (SSSR count). The number of carbonyl (C=O) groups excluding carboxylic acids is 1. The number of nitrogens with one attached hydrogen (secondary N) is 1. The normalized spacial score (nSPS) is 30.6. The summed E-state index contributed by atoms with van der Waals surface area (Å²) in [6.45, 7) is 2.60. The van der Waals surface area contributed by atoms with Gasteiger partial charge < -0.3 is 20.6 Å². The largest absolute Gasteiger partial charge is 0.395 e. The lowest BCUT2D eigenvalue weighted by atomic mass is 10.1. The van der Waals surface area contributed by atoms with Gasteiger partial charge in [-0.2, -0.15) is 0 Å². The summed E-state index contributed by atoms with van der Waals surface area (Å²) in [4.78, 5) is 13.4. The van der Waals surface area contributed by atoms with Crippen molar-refractivity contribution in [2.24, 2.45) is 0 Å². The molecule has 0 radical (unpaired) electrons. The molecule has 1 aliphatic heterocycles. The van der Waals surface area contributed by atoms with E-state index < -0.39 is 24.3 Å². The Morgan fingerprint density at radius 3 is 2.35 bits per heavy atom. The topological polar surface area (TPSA) is 93.0 Å². The van der Waals surface area contributed by atoms with E-state index in [-0.39, 0.29) is 18.9 Å². The van der Waals surface area contributed by atoms with Crippen LogP contribution in [0.5, 0.6) is 0 Å². The molecule has 1 aliphatic rings. The third kappa shape index (κ3) is 4.15. The zero-order chi connectivity index (χ0) is 15.1. The molecule has 0 aromatic rings. The second kappa shape index (κ2) is 8.56. The fraction of sp³-hybridized carbons (Fsp3) is 0.929. The number of amides is 1. The van der Waals surface area contributed by atoms with Gasteiger partial charge in [0, 0.05) is 19.5 Å². The fourth-order valence-electron chi connectivity index (χ4n) is 2.89. The van der Waals surface area contributed by atoms with Gasteiger partial charge in [-0.3, -0.25) is 9.69 Å². The lowest BCUT2D eigenvalue weighted by Gasteiger charge is -2.29. The van der Waals surface area contributed by atoms with Crippen LogP contribution in [-0.4, -0.2) is 70.6 Å². The van der Waals surface area contributed by atoms with E-state index in [0.29, 0.717) is 6.54 Å². The van der Waals surface area contributed by atoms with Crippen LogP contribution < -0.4 is 5.32 Å². The maximum atomic E-state index is 11.5. The van der Waals surface area contributed by atoms with Gasteiger partial charge in [-0.15, -0.1) is 0 Å². The van der Waals surface area contributed by atoms with Crippen LogP contribution in [0.1, 0.15) is 39.0 Å². The summed E-state index contributed by atoms with van der Waals surface area (Å²) in [5.74, 6) is -0.168. The van der Waals surface area contributed by atoms with Gasteiger partial charge in [-0.25, -0.2) is 0 Å². The molecule has 1 fully saturated rings. The summed E-state index contributed by atoms with van der Waals surface area (Å²) in [5.41, 5.74) is 0. The van der Waals surface area contributed by atoms with Crippen LogP contribution in [0.15, 0.2) is 0 Å². The Hall–Kier alpha value is -0.690. The second-order valence-electron chi connectivity index (χ2n) is 5.47. The van der Waals surface area contributed by atoms with E-state index in [1.54, 1.807) is 7.05 Å². The molecule has 0 spiro atoms. The average molecular weight is 288 g/mol. The van der Waals surface area contributed by atoms with Gasteiger partial charge in [0.25, 0.3) is 0 Å². The highest BCUT2D eigenvalue weighted by atomic mass is 16.3. The number of carbonyl (C=O) groups is 1. The molecule has 6 heteroatoms. The monoisotopic (exact) mass is 288 g/mol. The molecule has 0 bridgehead atoms. The maximum absolute atomic E-state index is 11.5. The number of hydrogen-bond donors (Lipinski definition) is 4. The van der Waals surface area contributed by atoms with Crippen molar-refractivity contribution in [1.29, 1.82) is 0 Å². The summed E-state index contributed by atoms with van der Waals surface area (Å²) in [5, 5.41) is 32.1. The molecule has 1 saturated heterocycles. The third-order valence-electron chi connectivity index (χ3n) is 4.12. The van der Waals surface area contributed by atoms with Crippen LogP contribution in [0, 0.1) is 0 Å². The molecule has 0 aromatic carbocycles. The quantitative estimate of drug-likeness (QED) is 0.451. The lowest BCUT2D eigenvalue weighted by Crippen LogP contribution is -2.43. The van der Waals surface area contributed by atoms with Crippen LogP contribution in [0.2, 0.25) is 0 Å². The Balaban J connectivity index is 2.67. The van der Waals surface area contributed by atoms with Crippen molar-refractivity contribution < 1.29 is 20.1 Å². The first-order valence-corrected chi connectivity index (χ1v) is 7.50. The lowest BCUT2D eigenvalue weighted by molar-refractivity contribution is -0.122. The molecule has 4 atom stereocenters. The summed E-state index contributed by atoms with van der Waals surface area (Å²) >= 11 is 0. The fourth-order valence-corrected chi connectivity index (χ4v) is 2.89. The molecule has 0 aromatic heterocycles. The first-order valence-electron chi connectivity index (χ1n) is 7.50. The molecular formula is C14H28N2O4. The van der Waals surface area contributed by atoms with Crippen molar-refractivity contribution >= 4 is 5.91 Å². The molecule has 4 N–H and O–H groups in total. The number of rotatable bonds is 8. The van der Waals surface area contributed by atoms with Crippen LogP contribution >= 0.6 is 0 Å². The predicted octanol–water partition coefficient (Wildman–Crippen LogP) is -0.530. The number of unbranched alkanes of at least 4 members (excludes halogenated alkanes) is 3. The maximum Gasteiger partial charge on any atom is 0.221 e. The van der Waals surface area contributed by atoms with Crippen LogP contribution in [0.25, 0.3) is 0 Å². The molecule has 20 heavy (non-hydrogen) atoms. The number of aliphatic hydroxyl groups is 3. The van der Waals surface area contributed by atoms with Gasteiger partial charge in [0.15, 0.2) is 0 Å². The van der Waals surface area contributed by atoms with E-state index in [0.717, 1.165) is 25.7 Å². The SMILES string of the molecule is CCCCCCN1[C@H](CO)[C@H](O)[C@H](O)[C@H]1CC(=O)NC. The number of likely N-dealkylation sites (tertiary alicyclic amines) is 1. The van der Waals surface area contributed by atoms with Gasteiger partial charge in [-0.05, 0) is 13.0 Å². The van der Waals surface area contributed by atoms with Gasteiger partial charge in [0.1, 0.15) is 0 Å². The van der Waals surface area contributed by atoms with Crippen LogP contribution in [0.3, 0.4) is 0 Å². The van der Waals surface area contributed by atoms with E-state index in [2.05, 4.69) is 12.2 Å². The van der Waals surface area contributed by atoms with E-state index in [1.807, 2.05) is 4.90 Å². The minimum Gasteiger partial charge on any atom is -0.395 e. The Morgan fingerprint density at radius 2 is 1.80 bits per heavy atom. The smallest absolute Gasteiger partial charge is 0.221 e. The zero-order valence-electron chi connectivity index (χ0n) is 12.5. The van der Waals surface area contributed by atoms with Crippen molar-refractivity contribution in [3.63, 3.8) is 0 Å². The molecule has 6 nitrogen and oxygen atoms in total. The van der Waals surface area contributed by atoms with Gasteiger partial charge in [0.2, 0.25) is 5.91 Å². The third-order valence-corrected chi connectivity index (χ3v) is 4.12. The molecule has 0 saturated carbocycles. The minimum atomic E-state index is -0.999. The number of nitrogens with zero attached hydrogens (tertiary/aromatic N) is 1. The molecule has 0 aliphatic carbocycles. The highest BCUT2D eigenvalue weighted by Gasteiger charge is 2.47. The Kier molecular flexibility index (Phi) is 7.43. The molecule has 0 unspecified atom stereocenters. The van der Waals surface area contributed by atoms with Gasteiger partial charge in [0.05, 0.1) is 24.9 Å². The highest BCUT2D eigenvalue weighted by molar-refractivity contribution is 5.76. The number of hydrogen-bond acceptors (Lipinski definition) is 5. The van der Waals surface area contributed by atoms with E-state index >= 15 is 0 Å². The van der Waals surface area contributed by atoms with E-state index in [4.69, 9.17) is 0 Å². The summed E-state index contributed by atoms with van der Waals surface area (Å²) in [6.07, 6.45) is 2.44. The predicted molar refractivity (Wildman–Crippen MR) is 76.2 cm³/mol. The van der Waals surface area contributed by atoms with Crippen molar-refractivity contribution in [2.75, 3.05) is 20.2 Å². The Bertz CT molecular complexity index is 301. The number of aliphatic hydroxyl groups excluding tert-OH is 3. The highest BCUT2D eigenvalue weighted by Crippen LogP contribution is 2.28. The molecule has 118 valence electrons. The molecule has 1 heterocycles. The van der Waals surface area contributed by atoms with Crippen molar-refractivity contribution in [2.45, 2.75) is 63.3 Å². The van der Waals surface area contributed by atoms with Gasteiger partial charge in [-0.1, -0.05) is 26.2 Å². The van der Waals surface area contributed by atoms with Crippen LogP contribution in [0.4, 0.5) is 0 Å². The first-order chi connectivity index (χ1) is 9.56. The summed E-state index contributed by atoms with van der Waals surface area (Å²) in [6, 6.07) is -0.912. The molecule has 1 amide bonds. The van der Waals surface area contributed by atoms with Gasteiger partial charge >= 0.3 is 0 Å². The standard InChI is InChI=1S/C14H28N2O4/c1-3-4-5-6-7-16-10(8-12(18)15-2)13(19)14(20)11(16)9-17/h10-11,13-14,17,19-20H,3-9H2,1-2H3,(H,15,18)/t10-,11-,13-,14+/m1/s1. The zero-order valence-corrected chi connectivity index (χ0v) is 12.5. The van der Waals surface area contributed by atoms with Crippen molar-refractivity contribution in [3.05, 3.63) is 0 Å². The minimum absolute atomic E-state index is 0.138. The van der Waals surface area contributed by atoms with E-state index in [1.165, 1.54) is 0 Å². The average Bonchev–Trinajstić information content (AvgIpc) is 2.67.